The zero-order valence-electron chi connectivity index (χ0n) is 13.8. The molecular weight excluding hydrogens is 284 g/mol. The molecule has 0 bridgehead atoms. The molecule has 1 aromatic carbocycles. The van der Waals surface area contributed by atoms with Gasteiger partial charge in [-0.25, -0.2) is 0 Å². The molecule has 0 aromatic heterocycles. The van der Waals surface area contributed by atoms with Gasteiger partial charge in [0.25, 0.3) is 0 Å². The van der Waals surface area contributed by atoms with E-state index in [1.54, 1.807) is 14.2 Å². The molecule has 0 amide bonds. The third kappa shape index (κ3) is 4.37. The molecule has 0 aliphatic carbocycles. The normalized spacial score (nSPS) is 12.6. The average Bonchev–Trinajstić information content (AvgIpc) is 2.57. The lowest BCUT2D eigenvalue weighted by atomic mass is 10.1. The molecule has 21 heavy (non-hydrogen) atoms. The monoisotopic (exact) mass is 312 g/mol. The Kier molecular flexibility index (Phi) is 7.55. The van der Waals surface area contributed by atoms with Crippen LogP contribution in [0.3, 0.4) is 0 Å². The van der Waals surface area contributed by atoms with Gasteiger partial charge in [0.1, 0.15) is 0 Å². The molecule has 0 saturated heterocycles. The molecule has 0 saturated carbocycles. The maximum absolute atomic E-state index is 6.38. The van der Waals surface area contributed by atoms with E-state index in [9.17, 15) is 0 Å². The standard InChI is InChI=1S/C16H28O4Si/c1-6-14-19-16(7-2,8-3)20-21(17-4,18-5)15-12-10-9-11-13-15/h9-13H,6-8,14H2,1-5H3. The molecule has 0 fully saturated rings. The van der Waals surface area contributed by atoms with Crippen LogP contribution in [0.1, 0.15) is 40.0 Å². The highest BCUT2D eigenvalue weighted by atomic mass is 28.4. The first-order chi connectivity index (χ1) is 10.1. The first kappa shape index (κ1) is 18.3. The second-order valence-electron chi connectivity index (χ2n) is 4.90. The lowest BCUT2D eigenvalue weighted by Gasteiger charge is -2.39. The molecular formula is C16H28O4Si. The Bertz CT molecular complexity index is 389. The van der Waals surface area contributed by atoms with Crippen molar-refractivity contribution in [3.8, 4) is 0 Å². The summed E-state index contributed by atoms with van der Waals surface area (Å²) in [6.07, 6.45) is 2.45. The molecule has 0 heterocycles. The van der Waals surface area contributed by atoms with Crippen molar-refractivity contribution >= 4 is 14.0 Å². The Labute approximate surface area is 129 Å². The van der Waals surface area contributed by atoms with Crippen molar-refractivity contribution < 1.29 is 18.0 Å². The Morgan fingerprint density at radius 2 is 1.52 bits per heavy atom. The fourth-order valence-electron chi connectivity index (χ4n) is 2.26. The van der Waals surface area contributed by atoms with Crippen LogP contribution in [0.15, 0.2) is 30.3 Å². The van der Waals surface area contributed by atoms with E-state index in [1.165, 1.54) is 0 Å². The third-order valence-corrected chi connectivity index (χ3v) is 6.39. The topological polar surface area (TPSA) is 36.9 Å². The molecule has 5 heteroatoms. The van der Waals surface area contributed by atoms with Crippen molar-refractivity contribution in [2.75, 3.05) is 20.8 Å². The fraction of sp³-hybridized carbons (Fsp3) is 0.625. The van der Waals surface area contributed by atoms with Crippen molar-refractivity contribution in [2.24, 2.45) is 0 Å². The maximum atomic E-state index is 6.38. The summed E-state index contributed by atoms with van der Waals surface area (Å²) in [6.45, 7) is 6.88. The van der Waals surface area contributed by atoms with Crippen molar-refractivity contribution in [2.45, 2.75) is 45.8 Å². The van der Waals surface area contributed by atoms with Gasteiger partial charge in [0.15, 0.2) is 5.79 Å². The molecule has 0 unspecified atom stereocenters. The van der Waals surface area contributed by atoms with Gasteiger partial charge in [-0.05, 0) is 19.3 Å². The van der Waals surface area contributed by atoms with E-state index in [1.807, 2.05) is 30.3 Å². The number of rotatable bonds is 10. The zero-order valence-corrected chi connectivity index (χ0v) is 14.8. The first-order valence-corrected chi connectivity index (χ1v) is 9.34. The van der Waals surface area contributed by atoms with Crippen molar-refractivity contribution in [1.29, 1.82) is 0 Å². The smallest absolute Gasteiger partial charge is 0.373 e. The van der Waals surface area contributed by atoms with Crippen LogP contribution in [-0.4, -0.2) is 35.4 Å². The van der Waals surface area contributed by atoms with Gasteiger partial charge in [0, 0.05) is 26.0 Å². The number of hydrogen-bond acceptors (Lipinski definition) is 4. The Morgan fingerprint density at radius 1 is 0.952 bits per heavy atom. The highest BCUT2D eigenvalue weighted by Crippen LogP contribution is 2.27. The van der Waals surface area contributed by atoms with E-state index in [2.05, 4.69) is 20.8 Å². The summed E-state index contributed by atoms with van der Waals surface area (Å²) >= 11 is 0. The van der Waals surface area contributed by atoms with Crippen LogP contribution >= 0.6 is 0 Å². The quantitative estimate of drug-likeness (QED) is 0.491. The van der Waals surface area contributed by atoms with Crippen LogP contribution in [0.5, 0.6) is 0 Å². The van der Waals surface area contributed by atoms with Crippen LogP contribution < -0.4 is 5.19 Å². The van der Waals surface area contributed by atoms with Crippen LogP contribution in [0.25, 0.3) is 0 Å². The summed E-state index contributed by atoms with van der Waals surface area (Å²) in [5.74, 6) is -0.663. The summed E-state index contributed by atoms with van der Waals surface area (Å²) in [6, 6.07) is 9.86. The summed E-state index contributed by atoms with van der Waals surface area (Å²) < 4.78 is 23.8. The number of ether oxygens (including phenoxy) is 1. The van der Waals surface area contributed by atoms with E-state index < -0.39 is 14.6 Å². The SMILES string of the molecule is CCCOC(CC)(CC)O[Si](OC)(OC)c1ccccc1. The summed E-state index contributed by atoms with van der Waals surface area (Å²) in [4.78, 5) is 0. The molecule has 1 rings (SSSR count). The highest BCUT2D eigenvalue weighted by Gasteiger charge is 2.48. The molecule has 0 N–H and O–H groups in total. The minimum Gasteiger partial charge on any atom is -0.373 e. The van der Waals surface area contributed by atoms with Gasteiger partial charge in [-0.3, -0.25) is 0 Å². The molecule has 0 radical (unpaired) electrons. The lowest BCUT2D eigenvalue weighted by molar-refractivity contribution is -0.209. The fourth-order valence-corrected chi connectivity index (χ4v) is 4.63. The molecule has 1 aromatic rings. The Morgan fingerprint density at radius 3 is 1.95 bits per heavy atom. The third-order valence-electron chi connectivity index (χ3n) is 3.63. The van der Waals surface area contributed by atoms with E-state index in [4.69, 9.17) is 18.0 Å². The first-order valence-electron chi connectivity index (χ1n) is 7.61. The van der Waals surface area contributed by atoms with Crippen LogP contribution in [0.4, 0.5) is 0 Å². The van der Waals surface area contributed by atoms with Gasteiger partial charge < -0.3 is 18.0 Å². The van der Waals surface area contributed by atoms with Gasteiger partial charge in [-0.2, -0.15) is 0 Å². The van der Waals surface area contributed by atoms with E-state index in [-0.39, 0.29) is 0 Å². The largest absolute Gasteiger partial charge is 0.538 e. The second kappa shape index (κ2) is 8.65. The zero-order chi connectivity index (χ0) is 15.8. The second-order valence-corrected chi connectivity index (χ2v) is 7.61. The molecule has 0 atom stereocenters. The molecule has 0 aliphatic heterocycles. The molecule has 4 nitrogen and oxygen atoms in total. The van der Waals surface area contributed by atoms with Crippen molar-refractivity contribution in [3.63, 3.8) is 0 Å². The van der Waals surface area contributed by atoms with Crippen LogP contribution in [0.2, 0.25) is 0 Å². The van der Waals surface area contributed by atoms with Crippen molar-refractivity contribution in [1.82, 2.24) is 0 Å². The Balaban J connectivity index is 3.10. The number of benzene rings is 1. The Hall–Kier alpha value is -0.723. The minimum absolute atomic E-state index is 0.661. The van der Waals surface area contributed by atoms with Crippen LogP contribution in [-0.2, 0) is 18.0 Å². The minimum atomic E-state index is -2.97. The molecule has 120 valence electrons. The summed E-state index contributed by atoms with van der Waals surface area (Å²) in [7, 11) is 0.303. The van der Waals surface area contributed by atoms with Gasteiger partial charge in [0.2, 0.25) is 0 Å². The summed E-state index contributed by atoms with van der Waals surface area (Å²) in [5.41, 5.74) is 0. The van der Waals surface area contributed by atoms with E-state index in [0.717, 1.165) is 24.4 Å². The van der Waals surface area contributed by atoms with E-state index in [0.29, 0.717) is 6.61 Å². The van der Waals surface area contributed by atoms with Crippen LogP contribution in [0, 0.1) is 0 Å². The molecule has 0 spiro atoms. The lowest BCUT2D eigenvalue weighted by Crippen LogP contribution is -2.60. The van der Waals surface area contributed by atoms with Gasteiger partial charge in [0.05, 0.1) is 0 Å². The summed E-state index contributed by atoms with van der Waals surface area (Å²) in [5, 5.41) is 0.946. The predicted octanol–water partition coefficient (Wildman–Crippen LogP) is 3.08. The highest BCUT2D eigenvalue weighted by molar-refractivity contribution is 6.75. The predicted molar refractivity (Wildman–Crippen MR) is 86.5 cm³/mol. The van der Waals surface area contributed by atoms with Gasteiger partial charge in [-0.15, -0.1) is 0 Å². The maximum Gasteiger partial charge on any atom is 0.538 e. The van der Waals surface area contributed by atoms with E-state index >= 15 is 0 Å². The van der Waals surface area contributed by atoms with Gasteiger partial charge >= 0.3 is 8.80 Å². The van der Waals surface area contributed by atoms with Crippen molar-refractivity contribution in [3.05, 3.63) is 30.3 Å². The van der Waals surface area contributed by atoms with Gasteiger partial charge in [-0.1, -0.05) is 51.1 Å². The molecule has 0 aliphatic rings. The average molecular weight is 312 g/mol. The number of hydrogen-bond donors (Lipinski definition) is 0.